The first-order chi connectivity index (χ1) is 15.3. The number of rotatable bonds is 6. The van der Waals surface area contributed by atoms with Crippen molar-refractivity contribution in [1.82, 2.24) is 0 Å². The summed E-state index contributed by atoms with van der Waals surface area (Å²) in [5, 5.41) is 0.310. The normalized spacial score (nSPS) is 16.6. The number of thioether (sulfide) groups is 1. The third kappa shape index (κ3) is 4.65. The van der Waals surface area contributed by atoms with Gasteiger partial charge in [0, 0.05) is 16.4 Å². The van der Waals surface area contributed by atoms with Gasteiger partial charge in [-0.05, 0) is 59.5 Å². The highest BCUT2D eigenvalue weighted by molar-refractivity contribution is 8.00. The molecule has 1 N–H and O–H groups in total. The summed E-state index contributed by atoms with van der Waals surface area (Å²) in [6, 6.07) is 21.1. The van der Waals surface area contributed by atoms with Crippen molar-refractivity contribution in [2.75, 3.05) is 15.4 Å². The zero-order valence-corrected chi connectivity index (χ0v) is 20.0. The third-order valence-corrected chi connectivity index (χ3v) is 8.12. The van der Waals surface area contributed by atoms with E-state index in [-0.39, 0.29) is 22.1 Å². The monoisotopic (exact) mass is 486 g/mol. The molecule has 1 atom stereocenters. The van der Waals surface area contributed by atoms with Crippen molar-refractivity contribution in [2.24, 2.45) is 0 Å². The van der Waals surface area contributed by atoms with E-state index < -0.39 is 10.0 Å². The van der Waals surface area contributed by atoms with Crippen molar-refractivity contribution < 1.29 is 13.2 Å². The predicted molar refractivity (Wildman–Crippen MR) is 132 cm³/mol. The summed E-state index contributed by atoms with van der Waals surface area (Å²) in [7, 11) is -3.72. The fourth-order valence-corrected chi connectivity index (χ4v) is 6.02. The van der Waals surface area contributed by atoms with E-state index in [2.05, 4.69) is 24.6 Å². The molecule has 1 amide bonds. The lowest BCUT2D eigenvalue weighted by atomic mass is 10.00. The fourth-order valence-electron chi connectivity index (χ4n) is 3.67. The van der Waals surface area contributed by atoms with Gasteiger partial charge >= 0.3 is 0 Å². The van der Waals surface area contributed by atoms with E-state index in [0.717, 1.165) is 16.8 Å². The maximum atomic E-state index is 12.8. The van der Waals surface area contributed by atoms with E-state index in [1.54, 1.807) is 23.9 Å². The second-order valence-electron chi connectivity index (χ2n) is 7.82. The first kappa shape index (κ1) is 22.7. The third-order valence-electron chi connectivity index (χ3n) is 5.26. The van der Waals surface area contributed by atoms with Crippen LogP contribution in [0.1, 0.15) is 36.3 Å². The highest BCUT2D eigenvalue weighted by Crippen LogP contribution is 2.44. The molecule has 4 rings (SSSR count). The minimum atomic E-state index is -3.72. The molecule has 1 heterocycles. The summed E-state index contributed by atoms with van der Waals surface area (Å²) in [5.41, 5.74) is 3.44. The van der Waals surface area contributed by atoms with Gasteiger partial charge in [-0.2, -0.15) is 0 Å². The van der Waals surface area contributed by atoms with Crippen LogP contribution in [-0.2, 0) is 14.8 Å². The van der Waals surface area contributed by atoms with Crippen LogP contribution in [-0.4, -0.2) is 20.1 Å². The Morgan fingerprint density at radius 3 is 2.31 bits per heavy atom. The topological polar surface area (TPSA) is 66.5 Å². The molecule has 0 saturated carbocycles. The Bertz CT molecular complexity index is 1230. The number of sulfonamides is 1. The summed E-state index contributed by atoms with van der Waals surface area (Å²) in [5.74, 6) is 0.762. The van der Waals surface area contributed by atoms with Crippen LogP contribution in [0.3, 0.4) is 0 Å². The molecule has 1 aliphatic rings. The molecular formula is C24H23ClN2O3S2. The van der Waals surface area contributed by atoms with Crippen LogP contribution in [0.25, 0.3) is 0 Å². The standard InChI is InChI=1S/C24H23ClN2O3S2/c1-16(2)21-5-3-4-6-22(21)27-23(28)15-31-24(27)17-7-11-19(12-8-17)26-32(29,30)20-13-9-18(25)10-14-20/h3-14,16,24,26H,15H2,1-2H3/t24-/m0/s1. The van der Waals surface area contributed by atoms with Crippen molar-refractivity contribution in [1.29, 1.82) is 0 Å². The van der Waals surface area contributed by atoms with Crippen LogP contribution in [0.2, 0.25) is 5.02 Å². The Labute approximate surface area is 197 Å². The van der Waals surface area contributed by atoms with Crippen LogP contribution in [0.15, 0.2) is 77.7 Å². The van der Waals surface area contributed by atoms with Crippen molar-refractivity contribution in [3.63, 3.8) is 0 Å². The Kier molecular flexibility index (Phi) is 6.51. The maximum absolute atomic E-state index is 12.8. The molecule has 32 heavy (non-hydrogen) atoms. The number of para-hydroxylation sites is 1. The number of halogens is 1. The average Bonchev–Trinajstić information content (AvgIpc) is 3.15. The predicted octanol–water partition coefficient (Wildman–Crippen LogP) is 6.04. The van der Waals surface area contributed by atoms with Gasteiger partial charge in [-0.15, -0.1) is 11.8 Å². The number of carbonyl (C=O) groups is 1. The summed E-state index contributed by atoms with van der Waals surface area (Å²) in [6.45, 7) is 4.23. The van der Waals surface area contributed by atoms with Gasteiger partial charge in [-0.25, -0.2) is 8.42 Å². The number of hydrogen-bond acceptors (Lipinski definition) is 4. The average molecular weight is 487 g/mol. The molecule has 1 saturated heterocycles. The molecule has 5 nitrogen and oxygen atoms in total. The van der Waals surface area contributed by atoms with Crippen molar-refractivity contribution in [3.8, 4) is 0 Å². The van der Waals surface area contributed by atoms with Gasteiger partial charge in [-0.1, -0.05) is 55.8 Å². The number of anilines is 2. The number of hydrogen-bond donors (Lipinski definition) is 1. The van der Waals surface area contributed by atoms with Gasteiger partial charge in [0.2, 0.25) is 5.91 Å². The van der Waals surface area contributed by atoms with Crippen LogP contribution in [0.5, 0.6) is 0 Å². The Morgan fingerprint density at radius 1 is 1.00 bits per heavy atom. The Balaban J connectivity index is 1.58. The van der Waals surface area contributed by atoms with Gasteiger partial charge in [0.05, 0.1) is 10.6 Å². The molecule has 8 heteroatoms. The molecule has 1 aliphatic heterocycles. The molecule has 0 bridgehead atoms. The quantitative estimate of drug-likeness (QED) is 0.461. The van der Waals surface area contributed by atoms with Crippen LogP contribution < -0.4 is 9.62 Å². The van der Waals surface area contributed by atoms with Gasteiger partial charge in [0.25, 0.3) is 10.0 Å². The lowest BCUT2D eigenvalue weighted by Crippen LogP contribution is -2.29. The SMILES string of the molecule is CC(C)c1ccccc1N1C(=O)CS[C@H]1c1ccc(NS(=O)(=O)c2ccc(Cl)cc2)cc1. The second-order valence-corrected chi connectivity index (χ2v) is 11.0. The summed E-state index contributed by atoms with van der Waals surface area (Å²) < 4.78 is 27.8. The highest BCUT2D eigenvalue weighted by atomic mass is 35.5. The molecule has 0 spiro atoms. The Hall–Kier alpha value is -2.48. The molecule has 0 radical (unpaired) electrons. The molecule has 166 valence electrons. The molecule has 0 unspecified atom stereocenters. The van der Waals surface area contributed by atoms with Gasteiger partial charge in [0.15, 0.2) is 0 Å². The first-order valence-electron chi connectivity index (χ1n) is 10.2. The summed E-state index contributed by atoms with van der Waals surface area (Å²) in [4.78, 5) is 14.8. The molecule has 3 aromatic carbocycles. The van der Waals surface area contributed by atoms with Gasteiger partial charge in [0.1, 0.15) is 5.37 Å². The largest absolute Gasteiger partial charge is 0.295 e. The van der Waals surface area contributed by atoms with Crippen molar-refractivity contribution in [3.05, 3.63) is 88.9 Å². The van der Waals surface area contributed by atoms with Crippen LogP contribution >= 0.6 is 23.4 Å². The van der Waals surface area contributed by atoms with E-state index in [0.29, 0.717) is 16.5 Å². The van der Waals surface area contributed by atoms with E-state index >= 15 is 0 Å². The smallest absolute Gasteiger partial charge is 0.261 e. The Morgan fingerprint density at radius 2 is 1.66 bits per heavy atom. The number of nitrogens with one attached hydrogen (secondary N) is 1. The lowest BCUT2D eigenvalue weighted by Gasteiger charge is -2.27. The summed E-state index contributed by atoms with van der Waals surface area (Å²) >= 11 is 7.42. The van der Waals surface area contributed by atoms with Gasteiger partial charge in [-0.3, -0.25) is 14.4 Å². The lowest BCUT2D eigenvalue weighted by molar-refractivity contribution is -0.115. The molecule has 0 aliphatic carbocycles. The van der Waals surface area contributed by atoms with Crippen molar-refractivity contribution >= 4 is 50.7 Å². The zero-order valence-electron chi connectivity index (χ0n) is 17.7. The maximum Gasteiger partial charge on any atom is 0.261 e. The molecule has 3 aromatic rings. The molecular weight excluding hydrogens is 464 g/mol. The molecule has 0 aromatic heterocycles. The van der Waals surface area contributed by atoms with Crippen molar-refractivity contribution in [2.45, 2.75) is 30.0 Å². The number of carbonyl (C=O) groups excluding carboxylic acids is 1. The highest BCUT2D eigenvalue weighted by Gasteiger charge is 2.35. The number of benzene rings is 3. The zero-order chi connectivity index (χ0) is 22.9. The minimum absolute atomic E-state index is 0.0700. The van der Waals surface area contributed by atoms with Gasteiger partial charge < -0.3 is 0 Å². The van der Waals surface area contributed by atoms with Crippen LogP contribution in [0, 0.1) is 0 Å². The second kappa shape index (κ2) is 9.17. The summed E-state index contributed by atoms with van der Waals surface area (Å²) in [6.07, 6.45) is 0. The molecule has 1 fully saturated rings. The van der Waals surface area contributed by atoms with E-state index in [4.69, 9.17) is 11.6 Å². The minimum Gasteiger partial charge on any atom is -0.295 e. The van der Waals surface area contributed by atoms with E-state index in [1.807, 2.05) is 35.2 Å². The van der Waals surface area contributed by atoms with E-state index in [9.17, 15) is 13.2 Å². The fraction of sp³-hybridized carbons (Fsp3) is 0.208. The number of amides is 1. The number of nitrogens with zero attached hydrogens (tertiary/aromatic N) is 1. The van der Waals surface area contributed by atoms with E-state index in [1.165, 1.54) is 24.3 Å². The first-order valence-corrected chi connectivity index (χ1v) is 13.1. The van der Waals surface area contributed by atoms with Crippen LogP contribution in [0.4, 0.5) is 11.4 Å².